The fourth-order valence-corrected chi connectivity index (χ4v) is 3.00. The van der Waals surface area contributed by atoms with Crippen molar-refractivity contribution in [3.05, 3.63) is 46.5 Å². The Bertz CT molecular complexity index is 693. The Labute approximate surface area is 150 Å². The van der Waals surface area contributed by atoms with Crippen LogP contribution in [-0.2, 0) is 16.1 Å². The number of carbonyl (C=O) groups excluding carboxylic acids is 1. The van der Waals surface area contributed by atoms with Crippen molar-refractivity contribution in [2.45, 2.75) is 25.5 Å². The lowest BCUT2D eigenvalue weighted by Crippen LogP contribution is -2.42. The number of hydrogen-bond donors (Lipinski definition) is 0. The number of ether oxygens (including phenoxy) is 1. The predicted molar refractivity (Wildman–Crippen MR) is 91.0 cm³/mol. The lowest BCUT2D eigenvalue weighted by Gasteiger charge is -2.33. The summed E-state index contributed by atoms with van der Waals surface area (Å²) in [4.78, 5) is 18.1. The van der Waals surface area contributed by atoms with Crippen LogP contribution in [0.2, 0.25) is 10.0 Å². The van der Waals surface area contributed by atoms with Gasteiger partial charge in [0.05, 0.1) is 23.2 Å². The first kappa shape index (κ1) is 17.2. The number of morpholine rings is 1. The molecule has 24 heavy (non-hydrogen) atoms. The predicted octanol–water partition coefficient (Wildman–Crippen LogP) is 2.97. The maximum atomic E-state index is 12.4. The summed E-state index contributed by atoms with van der Waals surface area (Å²) in [7, 11) is 0. The molecule has 0 N–H and O–H groups in total. The average molecular weight is 369 g/mol. The molecule has 1 aliphatic heterocycles. The molecule has 8 heteroatoms. The summed E-state index contributed by atoms with van der Waals surface area (Å²) in [5, 5.41) is 5.04. The minimum absolute atomic E-state index is 0.128. The van der Waals surface area contributed by atoms with Crippen LogP contribution in [0, 0.1) is 0 Å². The molecule has 128 valence electrons. The van der Waals surface area contributed by atoms with Crippen molar-refractivity contribution in [2.24, 2.45) is 0 Å². The van der Waals surface area contributed by atoms with Gasteiger partial charge >= 0.3 is 0 Å². The molecule has 2 heterocycles. The second-order valence-electron chi connectivity index (χ2n) is 5.63. The Morgan fingerprint density at radius 2 is 2.21 bits per heavy atom. The second kappa shape index (κ2) is 7.96. The van der Waals surface area contributed by atoms with E-state index in [4.69, 9.17) is 27.9 Å². The van der Waals surface area contributed by atoms with Gasteiger partial charge in [0.25, 0.3) is 0 Å². The summed E-state index contributed by atoms with van der Waals surface area (Å²) in [6, 6.07) is 5.44. The van der Waals surface area contributed by atoms with E-state index in [2.05, 4.69) is 10.1 Å². The number of benzene rings is 1. The number of halogens is 2. The van der Waals surface area contributed by atoms with E-state index in [0.29, 0.717) is 42.7 Å². The van der Waals surface area contributed by atoms with Gasteiger partial charge in [0.2, 0.25) is 5.91 Å². The fourth-order valence-electron chi connectivity index (χ4n) is 2.69. The van der Waals surface area contributed by atoms with Gasteiger partial charge in [-0.3, -0.25) is 9.48 Å². The molecule has 0 aliphatic carbocycles. The van der Waals surface area contributed by atoms with Crippen LogP contribution in [0.5, 0.6) is 0 Å². The third-order valence-electron chi connectivity index (χ3n) is 3.98. The van der Waals surface area contributed by atoms with Gasteiger partial charge in [-0.25, -0.2) is 4.98 Å². The van der Waals surface area contributed by atoms with Crippen LogP contribution in [0.15, 0.2) is 30.9 Å². The van der Waals surface area contributed by atoms with Crippen LogP contribution in [-0.4, -0.2) is 45.3 Å². The minimum Gasteiger partial charge on any atom is -0.370 e. The van der Waals surface area contributed by atoms with E-state index < -0.39 is 0 Å². The molecule has 1 fully saturated rings. The van der Waals surface area contributed by atoms with Gasteiger partial charge in [-0.15, -0.1) is 0 Å². The van der Waals surface area contributed by atoms with E-state index in [0.717, 1.165) is 12.0 Å². The van der Waals surface area contributed by atoms with Crippen LogP contribution in [0.4, 0.5) is 0 Å². The average Bonchev–Trinajstić information content (AvgIpc) is 3.11. The monoisotopic (exact) mass is 368 g/mol. The van der Waals surface area contributed by atoms with Crippen LogP contribution in [0.25, 0.3) is 0 Å². The van der Waals surface area contributed by atoms with Gasteiger partial charge in [0.1, 0.15) is 18.8 Å². The van der Waals surface area contributed by atoms with E-state index in [1.807, 2.05) is 11.0 Å². The minimum atomic E-state index is -0.173. The Hall–Kier alpha value is -1.63. The van der Waals surface area contributed by atoms with Crippen molar-refractivity contribution < 1.29 is 9.53 Å². The molecule has 0 radical (unpaired) electrons. The number of rotatable bonds is 5. The van der Waals surface area contributed by atoms with Crippen molar-refractivity contribution in [2.75, 3.05) is 19.7 Å². The molecule has 1 unspecified atom stereocenters. The van der Waals surface area contributed by atoms with E-state index in [9.17, 15) is 4.79 Å². The first-order chi connectivity index (χ1) is 11.6. The largest absolute Gasteiger partial charge is 0.370 e. The molecule has 2 aromatic rings. The first-order valence-corrected chi connectivity index (χ1v) is 8.56. The molecule has 1 aromatic carbocycles. The van der Waals surface area contributed by atoms with Gasteiger partial charge in [-0.2, -0.15) is 5.10 Å². The smallest absolute Gasteiger partial charge is 0.222 e. The van der Waals surface area contributed by atoms with Crippen LogP contribution >= 0.6 is 23.2 Å². The summed E-state index contributed by atoms with van der Waals surface area (Å²) < 4.78 is 7.51. The number of carbonyl (C=O) groups is 1. The Balaban J connectivity index is 1.54. The van der Waals surface area contributed by atoms with E-state index in [1.54, 1.807) is 23.1 Å². The maximum absolute atomic E-state index is 12.4. The highest BCUT2D eigenvalue weighted by molar-refractivity contribution is 6.42. The number of aryl methyl sites for hydroxylation is 1. The number of amides is 1. The molecule has 1 saturated heterocycles. The second-order valence-corrected chi connectivity index (χ2v) is 6.45. The quantitative estimate of drug-likeness (QED) is 0.813. The Morgan fingerprint density at radius 3 is 2.96 bits per heavy atom. The van der Waals surface area contributed by atoms with Gasteiger partial charge in [-0.1, -0.05) is 29.3 Å². The standard InChI is InChI=1S/C16H18Cl2N4O2/c17-13-4-3-12(8-14(13)18)15-9-21(6-7-24-15)16(23)2-1-5-22-11-19-10-20-22/h3-4,8,10-11,15H,1-2,5-7,9H2. The lowest BCUT2D eigenvalue weighted by molar-refractivity contribution is -0.139. The van der Waals surface area contributed by atoms with Crippen molar-refractivity contribution in [3.63, 3.8) is 0 Å². The van der Waals surface area contributed by atoms with Crippen LogP contribution < -0.4 is 0 Å². The Kier molecular flexibility index (Phi) is 5.71. The molecule has 6 nitrogen and oxygen atoms in total. The summed E-state index contributed by atoms with van der Waals surface area (Å²) in [5.74, 6) is 0.128. The van der Waals surface area contributed by atoms with Crippen molar-refractivity contribution in [1.29, 1.82) is 0 Å². The molecular formula is C16H18Cl2N4O2. The topological polar surface area (TPSA) is 60.2 Å². The van der Waals surface area contributed by atoms with Gasteiger partial charge in [0.15, 0.2) is 0 Å². The SMILES string of the molecule is O=C(CCCn1cncn1)N1CCOC(c2ccc(Cl)c(Cl)c2)C1. The fraction of sp³-hybridized carbons (Fsp3) is 0.438. The molecule has 1 aliphatic rings. The van der Waals surface area contributed by atoms with Gasteiger partial charge in [-0.05, 0) is 24.1 Å². The van der Waals surface area contributed by atoms with Gasteiger partial charge in [0, 0.05) is 19.5 Å². The zero-order chi connectivity index (χ0) is 16.9. The van der Waals surface area contributed by atoms with E-state index in [1.165, 1.54) is 6.33 Å². The summed E-state index contributed by atoms with van der Waals surface area (Å²) in [5.41, 5.74) is 0.935. The van der Waals surface area contributed by atoms with E-state index in [-0.39, 0.29) is 12.0 Å². The van der Waals surface area contributed by atoms with Crippen molar-refractivity contribution in [3.8, 4) is 0 Å². The van der Waals surface area contributed by atoms with Gasteiger partial charge < -0.3 is 9.64 Å². The molecule has 0 spiro atoms. The summed E-state index contributed by atoms with van der Waals surface area (Å²) >= 11 is 12.0. The number of nitrogens with zero attached hydrogens (tertiary/aromatic N) is 4. The summed E-state index contributed by atoms with van der Waals surface area (Å²) in [6.07, 6.45) is 4.18. The zero-order valence-electron chi connectivity index (χ0n) is 13.1. The Morgan fingerprint density at radius 1 is 1.33 bits per heavy atom. The van der Waals surface area contributed by atoms with Crippen LogP contribution in [0.3, 0.4) is 0 Å². The zero-order valence-corrected chi connectivity index (χ0v) is 14.6. The summed E-state index contributed by atoms with van der Waals surface area (Å²) in [6.45, 7) is 2.34. The number of hydrogen-bond acceptors (Lipinski definition) is 4. The molecule has 0 bridgehead atoms. The molecule has 3 rings (SSSR count). The third-order valence-corrected chi connectivity index (χ3v) is 4.72. The number of aromatic nitrogens is 3. The molecule has 1 aromatic heterocycles. The van der Waals surface area contributed by atoms with Crippen molar-refractivity contribution in [1.82, 2.24) is 19.7 Å². The lowest BCUT2D eigenvalue weighted by atomic mass is 10.1. The van der Waals surface area contributed by atoms with E-state index >= 15 is 0 Å². The molecular weight excluding hydrogens is 351 g/mol. The van der Waals surface area contributed by atoms with Crippen LogP contribution in [0.1, 0.15) is 24.5 Å². The first-order valence-electron chi connectivity index (χ1n) is 7.80. The normalized spacial score (nSPS) is 17.9. The maximum Gasteiger partial charge on any atom is 0.222 e. The molecule has 0 saturated carbocycles. The third kappa shape index (κ3) is 4.26. The molecule has 1 atom stereocenters. The molecule has 1 amide bonds. The highest BCUT2D eigenvalue weighted by Gasteiger charge is 2.25. The van der Waals surface area contributed by atoms with Crippen molar-refractivity contribution >= 4 is 29.1 Å². The highest BCUT2D eigenvalue weighted by Crippen LogP contribution is 2.29. The highest BCUT2D eigenvalue weighted by atomic mass is 35.5.